The molecule has 5 N–H and O–H groups in total. The number of hydrogen-bond donors (Lipinski definition) is 4. The van der Waals surface area contributed by atoms with Crippen molar-refractivity contribution in [3.63, 3.8) is 0 Å². The second-order valence-electron chi connectivity index (χ2n) is 6.62. The van der Waals surface area contributed by atoms with E-state index in [1.54, 1.807) is 4.57 Å². The first-order valence-corrected chi connectivity index (χ1v) is 8.89. The average Bonchev–Trinajstić information content (AvgIpc) is 3.25. The summed E-state index contributed by atoms with van der Waals surface area (Å²) in [5.74, 6) is -0.287. The van der Waals surface area contributed by atoms with Crippen LogP contribution in [-0.4, -0.2) is 49.3 Å². The minimum Gasteiger partial charge on any atom is -0.390 e. The topological polar surface area (TPSA) is 148 Å². The summed E-state index contributed by atoms with van der Waals surface area (Å²) in [4.78, 5) is 35.5. The van der Waals surface area contributed by atoms with Crippen LogP contribution >= 0.6 is 0 Å². The van der Waals surface area contributed by atoms with Crippen LogP contribution in [0.5, 0.6) is 0 Å². The predicted octanol–water partition coefficient (Wildman–Crippen LogP) is -0.0921. The summed E-state index contributed by atoms with van der Waals surface area (Å²) in [6.45, 7) is 0.180. The summed E-state index contributed by atoms with van der Waals surface area (Å²) in [5, 5.41) is 12.6. The van der Waals surface area contributed by atoms with E-state index >= 15 is 0 Å². The Morgan fingerprint density at radius 2 is 2.18 bits per heavy atom. The van der Waals surface area contributed by atoms with Crippen molar-refractivity contribution in [2.24, 2.45) is 5.73 Å². The van der Waals surface area contributed by atoms with Crippen molar-refractivity contribution in [1.82, 2.24) is 19.5 Å². The minimum absolute atomic E-state index is 0.0223. The number of aliphatic hydroxyl groups is 1. The van der Waals surface area contributed by atoms with Crippen molar-refractivity contribution < 1.29 is 14.6 Å². The summed E-state index contributed by atoms with van der Waals surface area (Å²) in [6, 6.07) is 9.23. The minimum atomic E-state index is -0.709. The number of fused-ring (bicyclic) bond motifs is 1. The molecule has 28 heavy (non-hydrogen) atoms. The smallest absolute Gasteiger partial charge is 0.280 e. The molecule has 1 aromatic carbocycles. The zero-order valence-electron chi connectivity index (χ0n) is 14.9. The van der Waals surface area contributed by atoms with E-state index in [1.807, 2.05) is 30.3 Å². The van der Waals surface area contributed by atoms with Gasteiger partial charge >= 0.3 is 0 Å². The average molecular weight is 384 g/mol. The number of amides is 1. The Hall–Kier alpha value is -3.08. The first-order valence-electron chi connectivity index (χ1n) is 8.89. The van der Waals surface area contributed by atoms with Crippen molar-refractivity contribution >= 4 is 23.0 Å². The number of H-pyrrole nitrogens is 1. The molecule has 10 heteroatoms. The lowest BCUT2D eigenvalue weighted by atomic mass is 10.1. The maximum absolute atomic E-state index is 12.3. The van der Waals surface area contributed by atoms with Crippen LogP contribution in [0.15, 0.2) is 41.5 Å². The molecule has 0 aliphatic carbocycles. The predicted molar refractivity (Wildman–Crippen MR) is 101 cm³/mol. The molecule has 1 aliphatic heterocycles. The highest BCUT2D eigenvalue weighted by molar-refractivity contribution is 5.91. The third kappa shape index (κ3) is 3.52. The largest absolute Gasteiger partial charge is 0.390 e. The van der Waals surface area contributed by atoms with Crippen LogP contribution in [0.4, 0.5) is 5.95 Å². The highest BCUT2D eigenvalue weighted by atomic mass is 16.5. The zero-order valence-corrected chi connectivity index (χ0v) is 14.9. The van der Waals surface area contributed by atoms with E-state index in [0.717, 1.165) is 5.56 Å². The maximum Gasteiger partial charge on any atom is 0.280 e. The van der Waals surface area contributed by atoms with Crippen LogP contribution in [-0.2, 0) is 16.0 Å². The SMILES string of the molecule is NC[C@H]1O[C@@H](n2cnc3c(=O)[nH]c(NC(=O)Cc4ccccc4)nc32)C[C@@H]1O. The van der Waals surface area contributed by atoms with Crippen LogP contribution in [0.1, 0.15) is 18.2 Å². The van der Waals surface area contributed by atoms with Crippen molar-refractivity contribution in [3.8, 4) is 0 Å². The van der Waals surface area contributed by atoms with Gasteiger partial charge in [-0.1, -0.05) is 30.3 Å². The Balaban J connectivity index is 1.59. The quantitative estimate of drug-likeness (QED) is 0.480. The number of anilines is 1. The number of rotatable bonds is 5. The molecule has 3 aromatic rings. The van der Waals surface area contributed by atoms with Gasteiger partial charge in [-0.3, -0.25) is 24.5 Å². The van der Waals surface area contributed by atoms with Crippen LogP contribution in [0.2, 0.25) is 0 Å². The lowest BCUT2D eigenvalue weighted by molar-refractivity contribution is -0.115. The molecule has 0 radical (unpaired) electrons. The number of nitrogens with one attached hydrogen (secondary N) is 2. The van der Waals surface area contributed by atoms with E-state index in [9.17, 15) is 14.7 Å². The number of aromatic amines is 1. The van der Waals surface area contributed by atoms with Gasteiger partial charge in [0.1, 0.15) is 6.23 Å². The Labute approximate surface area is 159 Å². The van der Waals surface area contributed by atoms with E-state index in [4.69, 9.17) is 10.5 Å². The fourth-order valence-corrected chi connectivity index (χ4v) is 3.25. The zero-order chi connectivity index (χ0) is 19.7. The molecule has 3 atom stereocenters. The molecule has 0 unspecified atom stereocenters. The van der Waals surface area contributed by atoms with Crippen LogP contribution < -0.4 is 16.6 Å². The standard InChI is InChI=1S/C18H20N6O4/c19-8-12-11(25)7-14(28-12)24-9-20-15-16(24)22-18(23-17(15)27)21-13(26)6-10-4-2-1-3-5-10/h1-5,9,11-12,14,25H,6-8,19H2,(H2,21,22,23,26,27)/t11-,12+,14+/m0/s1. The summed E-state index contributed by atoms with van der Waals surface area (Å²) in [6.07, 6.45) is 0.138. The van der Waals surface area contributed by atoms with Crippen molar-refractivity contribution in [3.05, 3.63) is 52.6 Å². The monoisotopic (exact) mass is 384 g/mol. The van der Waals surface area contributed by atoms with Gasteiger partial charge < -0.3 is 15.6 Å². The van der Waals surface area contributed by atoms with Gasteiger partial charge in [0.2, 0.25) is 11.9 Å². The van der Waals surface area contributed by atoms with Gasteiger partial charge in [-0.2, -0.15) is 4.98 Å². The highest BCUT2D eigenvalue weighted by Crippen LogP contribution is 2.30. The second kappa shape index (κ2) is 7.50. The Kier molecular flexibility index (Phi) is 4.90. The summed E-state index contributed by atoms with van der Waals surface area (Å²) in [5.41, 5.74) is 6.33. The summed E-state index contributed by atoms with van der Waals surface area (Å²) < 4.78 is 7.29. The van der Waals surface area contributed by atoms with Crippen molar-refractivity contribution in [1.29, 1.82) is 0 Å². The van der Waals surface area contributed by atoms with Gasteiger partial charge in [0.05, 0.1) is 25.0 Å². The molecule has 146 valence electrons. The lowest BCUT2D eigenvalue weighted by Gasteiger charge is -2.14. The fraction of sp³-hybridized carbons (Fsp3) is 0.333. The Bertz CT molecular complexity index is 1050. The molecule has 1 saturated heterocycles. The number of nitrogens with zero attached hydrogens (tertiary/aromatic N) is 3. The number of hydrogen-bond acceptors (Lipinski definition) is 7. The number of carbonyl (C=O) groups excluding carboxylic acids is 1. The van der Waals surface area contributed by atoms with E-state index < -0.39 is 24.0 Å². The summed E-state index contributed by atoms with van der Waals surface area (Å²) >= 11 is 0. The van der Waals surface area contributed by atoms with E-state index in [2.05, 4.69) is 20.3 Å². The molecule has 3 heterocycles. The molecule has 10 nitrogen and oxygen atoms in total. The van der Waals surface area contributed by atoms with Crippen LogP contribution in [0, 0.1) is 0 Å². The third-order valence-corrected chi connectivity index (χ3v) is 4.64. The molecule has 1 aliphatic rings. The molecule has 0 bridgehead atoms. The van der Waals surface area contributed by atoms with Crippen molar-refractivity contribution in [2.75, 3.05) is 11.9 Å². The molecular weight excluding hydrogens is 364 g/mol. The fourth-order valence-electron chi connectivity index (χ4n) is 3.25. The van der Waals surface area contributed by atoms with Gasteiger partial charge in [0.15, 0.2) is 11.2 Å². The number of ether oxygens (including phenoxy) is 1. The number of carbonyl (C=O) groups is 1. The van der Waals surface area contributed by atoms with Crippen molar-refractivity contribution in [2.45, 2.75) is 31.3 Å². The van der Waals surface area contributed by atoms with Gasteiger partial charge in [0, 0.05) is 13.0 Å². The van der Waals surface area contributed by atoms with Gasteiger partial charge in [-0.15, -0.1) is 0 Å². The lowest BCUT2D eigenvalue weighted by Crippen LogP contribution is -2.29. The second-order valence-corrected chi connectivity index (χ2v) is 6.62. The number of nitrogens with two attached hydrogens (primary N) is 1. The molecule has 4 rings (SSSR count). The van der Waals surface area contributed by atoms with Gasteiger partial charge in [0.25, 0.3) is 5.56 Å². The Morgan fingerprint density at radius 1 is 1.39 bits per heavy atom. The summed E-state index contributed by atoms with van der Waals surface area (Å²) in [7, 11) is 0. The maximum atomic E-state index is 12.3. The highest BCUT2D eigenvalue weighted by Gasteiger charge is 2.35. The first-order chi connectivity index (χ1) is 13.5. The van der Waals surface area contributed by atoms with E-state index in [-0.39, 0.29) is 36.0 Å². The third-order valence-electron chi connectivity index (χ3n) is 4.64. The Morgan fingerprint density at radius 3 is 2.89 bits per heavy atom. The normalized spacial score (nSPS) is 21.9. The molecular formula is C18H20N6O4. The molecule has 0 saturated carbocycles. The molecule has 1 fully saturated rings. The van der Waals surface area contributed by atoms with E-state index in [0.29, 0.717) is 6.42 Å². The molecule has 0 spiro atoms. The molecule has 2 aromatic heterocycles. The van der Waals surface area contributed by atoms with Gasteiger partial charge in [-0.05, 0) is 5.56 Å². The number of imidazole rings is 1. The van der Waals surface area contributed by atoms with Crippen LogP contribution in [0.3, 0.4) is 0 Å². The van der Waals surface area contributed by atoms with Gasteiger partial charge in [-0.25, -0.2) is 4.98 Å². The van der Waals surface area contributed by atoms with Crippen LogP contribution in [0.25, 0.3) is 11.2 Å². The first kappa shape index (κ1) is 18.3. The number of aliphatic hydroxyl groups excluding tert-OH is 1. The molecule has 1 amide bonds. The number of aromatic nitrogens is 4. The van der Waals surface area contributed by atoms with E-state index in [1.165, 1.54) is 6.33 Å². The number of benzene rings is 1.